The zero-order valence-corrected chi connectivity index (χ0v) is 24.3. The number of aromatic nitrogens is 6. The van der Waals surface area contributed by atoms with Gasteiger partial charge >= 0.3 is 5.76 Å². The number of aryl methyl sites for hydroxylation is 2. The molecule has 1 aliphatic heterocycles. The zero-order valence-electron chi connectivity index (χ0n) is 24.3. The van der Waals surface area contributed by atoms with Crippen molar-refractivity contribution in [2.24, 2.45) is 0 Å². The Labute approximate surface area is 247 Å². The fraction of sp³-hybridized carbons (Fsp3) is 0.406. The molecule has 1 spiro atoms. The smallest absolute Gasteiger partial charge is 0.348 e. The lowest BCUT2D eigenvalue weighted by Gasteiger charge is -2.36. The Kier molecular flexibility index (Phi) is 7.06. The van der Waals surface area contributed by atoms with E-state index in [1.54, 1.807) is 0 Å². The summed E-state index contributed by atoms with van der Waals surface area (Å²) in [5.74, 6) is 0.538. The number of nitrogens with one attached hydrogen (secondary N) is 1. The van der Waals surface area contributed by atoms with Gasteiger partial charge in [0.2, 0.25) is 5.78 Å². The molecule has 222 valence electrons. The fourth-order valence-electron chi connectivity index (χ4n) is 6.61. The lowest BCUT2D eigenvalue weighted by atomic mass is 9.89. The minimum atomic E-state index is -0.596. The molecule has 3 aromatic heterocycles. The van der Waals surface area contributed by atoms with Crippen LogP contribution in [0.5, 0.6) is 0 Å². The molecule has 43 heavy (non-hydrogen) atoms. The highest BCUT2D eigenvalue weighted by Gasteiger charge is 2.41. The van der Waals surface area contributed by atoms with E-state index in [1.165, 1.54) is 0 Å². The zero-order chi connectivity index (χ0) is 29.6. The van der Waals surface area contributed by atoms with Gasteiger partial charge in [0.25, 0.3) is 5.56 Å². The Morgan fingerprint density at radius 2 is 1.72 bits per heavy atom. The van der Waals surface area contributed by atoms with Crippen LogP contribution in [-0.4, -0.2) is 48.3 Å². The van der Waals surface area contributed by atoms with Crippen molar-refractivity contribution in [1.29, 1.82) is 0 Å². The summed E-state index contributed by atoms with van der Waals surface area (Å²) >= 11 is 0. The molecule has 1 aliphatic carbocycles. The molecule has 0 radical (unpaired) electrons. The van der Waals surface area contributed by atoms with Crippen molar-refractivity contribution < 1.29 is 14.0 Å². The Balaban J connectivity index is 1.25. The lowest BCUT2D eigenvalue weighted by Crippen LogP contribution is -2.39. The topological polar surface area (TPSA) is 130 Å². The molecule has 0 amide bonds. The Hall–Kier alpha value is -4.35. The Bertz CT molecular complexity index is 1880. The first kappa shape index (κ1) is 27.5. The van der Waals surface area contributed by atoms with Crippen LogP contribution in [-0.2, 0) is 22.3 Å². The summed E-state index contributed by atoms with van der Waals surface area (Å²) in [5.41, 5.74) is 5.33. The maximum atomic E-state index is 14.4. The van der Waals surface area contributed by atoms with Gasteiger partial charge in [-0.05, 0) is 42.9 Å². The predicted molar refractivity (Wildman–Crippen MR) is 159 cm³/mol. The minimum Gasteiger partial charge on any atom is -0.348 e. The van der Waals surface area contributed by atoms with Crippen LogP contribution in [0.15, 0.2) is 62.6 Å². The number of aromatic amines is 1. The van der Waals surface area contributed by atoms with E-state index in [4.69, 9.17) is 24.1 Å². The molecule has 0 bridgehead atoms. The molecule has 2 fully saturated rings. The molecule has 1 N–H and O–H groups in total. The molecule has 5 aromatic rings. The van der Waals surface area contributed by atoms with E-state index in [2.05, 4.69) is 17.1 Å². The summed E-state index contributed by atoms with van der Waals surface area (Å²) in [7, 11) is 0. The second-order valence-corrected chi connectivity index (χ2v) is 11.4. The van der Waals surface area contributed by atoms with Crippen molar-refractivity contribution in [2.45, 2.75) is 70.6 Å². The van der Waals surface area contributed by atoms with Crippen molar-refractivity contribution in [3.05, 3.63) is 92.1 Å². The normalized spacial score (nSPS) is 16.9. The second-order valence-electron chi connectivity index (χ2n) is 11.4. The number of rotatable bonds is 7. The van der Waals surface area contributed by atoms with Crippen molar-refractivity contribution in [2.75, 3.05) is 13.2 Å². The SMILES string of the molecule is CCCc1c(Cc2ccc(-c3ccccc3-c3noc(=O)[nH]3)cc2)c(=O)n(C2CCC3(CC2)OCCO3)c2nc(C)nn12. The highest BCUT2D eigenvalue weighted by atomic mass is 16.7. The number of fused-ring (bicyclic) bond motifs is 1. The highest BCUT2D eigenvalue weighted by molar-refractivity contribution is 5.80. The fourth-order valence-corrected chi connectivity index (χ4v) is 6.61. The molecule has 11 nitrogen and oxygen atoms in total. The number of H-pyrrole nitrogens is 1. The standard InChI is InChI=1S/C32H34N6O5/c1-3-6-27-26(19-21-9-11-22(12-10-21)24-7-4-5-8-25(24)28-34-31(40)43-36-28)29(39)37(30-33-20(2)35-38(27)30)23-13-15-32(16-14-23)41-17-18-42-32/h4-5,7-12,23H,3,6,13-19H2,1-2H3,(H,34,36,40). The monoisotopic (exact) mass is 582 g/mol. The Morgan fingerprint density at radius 1 is 1.00 bits per heavy atom. The van der Waals surface area contributed by atoms with E-state index in [-0.39, 0.29) is 11.6 Å². The molecule has 11 heteroatoms. The second kappa shape index (κ2) is 11.1. The van der Waals surface area contributed by atoms with Gasteiger partial charge in [-0.25, -0.2) is 9.31 Å². The van der Waals surface area contributed by atoms with Crippen molar-refractivity contribution >= 4 is 5.78 Å². The van der Waals surface area contributed by atoms with Crippen LogP contribution < -0.4 is 11.3 Å². The molecule has 7 rings (SSSR count). The predicted octanol–water partition coefficient (Wildman–Crippen LogP) is 4.61. The summed E-state index contributed by atoms with van der Waals surface area (Å²) in [6, 6.07) is 15.9. The molecule has 4 heterocycles. The molecule has 0 unspecified atom stereocenters. The molecule has 0 atom stereocenters. The summed E-state index contributed by atoms with van der Waals surface area (Å²) in [6.45, 7) is 5.23. The minimum absolute atomic E-state index is 0.00182. The van der Waals surface area contributed by atoms with Crippen LogP contribution in [0.4, 0.5) is 0 Å². The van der Waals surface area contributed by atoms with Crippen LogP contribution in [0.3, 0.4) is 0 Å². The highest BCUT2D eigenvalue weighted by Crippen LogP contribution is 2.40. The summed E-state index contributed by atoms with van der Waals surface area (Å²) in [6.07, 6.45) is 5.13. The van der Waals surface area contributed by atoms with Gasteiger partial charge in [0.1, 0.15) is 5.82 Å². The van der Waals surface area contributed by atoms with Crippen LogP contribution in [0.2, 0.25) is 0 Å². The number of ether oxygens (including phenoxy) is 2. The number of benzene rings is 2. The van der Waals surface area contributed by atoms with Gasteiger partial charge in [0.05, 0.1) is 18.9 Å². The van der Waals surface area contributed by atoms with E-state index >= 15 is 0 Å². The number of nitrogens with zero attached hydrogens (tertiary/aromatic N) is 5. The molecular formula is C32H34N6O5. The van der Waals surface area contributed by atoms with Gasteiger partial charge in [-0.2, -0.15) is 10.1 Å². The first-order chi connectivity index (χ1) is 20.9. The van der Waals surface area contributed by atoms with Crippen molar-refractivity contribution in [1.82, 2.24) is 29.3 Å². The van der Waals surface area contributed by atoms with Gasteiger partial charge in [-0.3, -0.25) is 18.9 Å². The third-order valence-electron chi connectivity index (χ3n) is 8.64. The third-order valence-corrected chi connectivity index (χ3v) is 8.64. The van der Waals surface area contributed by atoms with Crippen LogP contribution in [0, 0.1) is 6.92 Å². The van der Waals surface area contributed by atoms with Gasteiger partial charge in [-0.1, -0.05) is 67.0 Å². The Morgan fingerprint density at radius 3 is 2.40 bits per heavy atom. The summed E-state index contributed by atoms with van der Waals surface area (Å²) in [4.78, 5) is 33.3. The van der Waals surface area contributed by atoms with E-state index in [9.17, 15) is 9.59 Å². The summed E-state index contributed by atoms with van der Waals surface area (Å²) in [5, 5.41) is 8.62. The molecule has 2 aliphatic rings. The average molecular weight is 583 g/mol. The van der Waals surface area contributed by atoms with Gasteiger partial charge in [-0.15, -0.1) is 0 Å². The maximum absolute atomic E-state index is 14.4. The van der Waals surface area contributed by atoms with E-state index in [1.807, 2.05) is 64.5 Å². The number of hydrogen-bond acceptors (Lipinski definition) is 8. The summed E-state index contributed by atoms with van der Waals surface area (Å²) < 4.78 is 20.4. The van der Waals surface area contributed by atoms with Crippen LogP contribution in [0.1, 0.15) is 67.7 Å². The largest absolute Gasteiger partial charge is 0.439 e. The van der Waals surface area contributed by atoms with Crippen LogP contribution in [0.25, 0.3) is 28.3 Å². The molecule has 1 saturated heterocycles. The first-order valence-electron chi connectivity index (χ1n) is 15.0. The van der Waals surface area contributed by atoms with Gasteiger partial charge < -0.3 is 9.47 Å². The van der Waals surface area contributed by atoms with E-state index < -0.39 is 11.5 Å². The molecule has 1 saturated carbocycles. The van der Waals surface area contributed by atoms with E-state index in [0.717, 1.165) is 72.0 Å². The average Bonchev–Trinajstić information content (AvgIpc) is 3.76. The van der Waals surface area contributed by atoms with Crippen molar-refractivity contribution in [3.63, 3.8) is 0 Å². The quantitative estimate of drug-likeness (QED) is 0.295. The first-order valence-corrected chi connectivity index (χ1v) is 15.0. The molecule has 2 aromatic carbocycles. The third kappa shape index (κ3) is 5.02. The van der Waals surface area contributed by atoms with Crippen molar-refractivity contribution in [3.8, 4) is 22.5 Å². The maximum Gasteiger partial charge on any atom is 0.439 e. The van der Waals surface area contributed by atoms with Crippen LogP contribution >= 0.6 is 0 Å². The van der Waals surface area contributed by atoms with E-state index in [0.29, 0.717) is 37.1 Å². The number of hydrogen-bond donors (Lipinski definition) is 1. The molecular weight excluding hydrogens is 548 g/mol. The lowest BCUT2D eigenvalue weighted by molar-refractivity contribution is -0.181. The van der Waals surface area contributed by atoms with Gasteiger partial charge in [0.15, 0.2) is 11.6 Å². The van der Waals surface area contributed by atoms with Gasteiger partial charge in [0, 0.05) is 36.4 Å².